The standard InChI is InChI=1S/C13H16BrF2N3O/c14-8-5-10(15)13(11(16)6-8)18-12(20)7-19-3-1-9(17)2-4-19/h5-6,9H,1-4,7,17H2,(H,18,20). The smallest absolute Gasteiger partial charge is 0.238 e. The fourth-order valence-electron chi connectivity index (χ4n) is 2.15. The number of nitrogens with one attached hydrogen (secondary N) is 1. The maximum absolute atomic E-state index is 13.6. The van der Waals surface area contributed by atoms with E-state index in [0.29, 0.717) is 0 Å². The fraction of sp³-hybridized carbons (Fsp3) is 0.462. The minimum atomic E-state index is -0.800. The van der Waals surface area contributed by atoms with Crippen LogP contribution >= 0.6 is 15.9 Å². The van der Waals surface area contributed by atoms with Crippen LogP contribution in [0, 0.1) is 11.6 Å². The maximum Gasteiger partial charge on any atom is 0.238 e. The predicted octanol–water partition coefficient (Wildman–Crippen LogP) is 2.09. The van der Waals surface area contributed by atoms with Crippen LogP contribution in [0.15, 0.2) is 16.6 Å². The van der Waals surface area contributed by atoms with Crippen molar-refractivity contribution in [1.29, 1.82) is 0 Å². The van der Waals surface area contributed by atoms with Gasteiger partial charge in [0.25, 0.3) is 0 Å². The summed E-state index contributed by atoms with van der Waals surface area (Å²) in [6, 6.07) is 2.40. The lowest BCUT2D eigenvalue weighted by molar-refractivity contribution is -0.117. The number of anilines is 1. The van der Waals surface area contributed by atoms with Crippen molar-refractivity contribution >= 4 is 27.5 Å². The lowest BCUT2D eigenvalue weighted by atomic mass is 10.1. The Labute approximate surface area is 124 Å². The monoisotopic (exact) mass is 347 g/mol. The summed E-state index contributed by atoms with van der Waals surface area (Å²) in [5.74, 6) is -2.03. The van der Waals surface area contributed by atoms with Crippen molar-refractivity contribution in [1.82, 2.24) is 4.90 Å². The Kier molecular flexibility index (Phi) is 5.06. The van der Waals surface area contributed by atoms with Gasteiger partial charge in [0.2, 0.25) is 5.91 Å². The number of carbonyl (C=O) groups is 1. The van der Waals surface area contributed by atoms with Gasteiger partial charge in [0, 0.05) is 23.6 Å². The zero-order valence-corrected chi connectivity index (χ0v) is 12.4. The molecule has 0 radical (unpaired) electrons. The van der Waals surface area contributed by atoms with Crippen molar-refractivity contribution in [2.75, 3.05) is 25.0 Å². The van der Waals surface area contributed by atoms with Gasteiger partial charge in [-0.05, 0) is 25.0 Å². The summed E-state index contributed by atoms with van der Waals surface area (Å²) in [5.41, 5.74) is 5.36. The van der Waals surface area contributed by atoms with Crippen LogP contribution in [0.3, 0.4) is 0 Å². The molecule has 1 heterocycles. The highest BCUT2D eigenvalue weighted by atomic mass is 79.9. The van der Waals surface area contributed by atoms with E-state index in [1.54, 1.807) is 0 Å². The molecule has 0 spiro atoms. The summed E-state index contributed by atoms with van der Waals surface area (Å²) in [5, 5.41) is 2.28. The van der Waals surface area contributed by atoms with E-state index in [-0.39, 0.29) is 17.1 Å². The van der Waals surface area contributed by atoms with Crippen molar-refractivity contribution in [2.24, 2.45) is 5.73 Å². The molecule has 1 aromatic rings. The minimum Gasteiger partial charge on any atom is -0.328 e. The Morgan fingerprint density at radius 3 is 2.45 bits per heavy atom. The molecule has 4 nitrogen and oxygen atoms in total. The third-order valence-corrected chi connectivity index (χ3v) is 3.73. The summed E-state index contributed by atoms with van der Waals surface area (Å²) < 4.78 is 27.5. The van der Waals surface area contributed by atoms with Gasteiger partial charge in [-0.3, -0.25) is 9.69 Å². The zero-order valence-electron chi connectivity index (χ0n) is 10.8. The first kappa shape index (κ1) is 15.3. The van der Waals surface area contributed by atoms with E-state index in [0.717, 1.165) is 38.1 Å². The number of hydrogen-bond donors (Lipinski definition) is 2. The number of benzene rings is 1. The topological polar surface area (TPSA) is 58.4 Å². The molecule has 0 unspecified atom stereocenters. The molecule has 1 amide bonds. The summed E-state index contributed by atoms with van der Waals surface area (Å²) in [7, 11) is 0. The number of amides is 1. The highest BCUT2D eigenvalue weighted by Gasteiger charge is 2.20. The van der Waals surface area contributed by atoms with Crippen LogP contribution in [0.25, 0.3) is 0 Å². The number of piperidine rings is 1. The summed E-state index contributed by atoms with van der Waals surface area (Å²) in [6.45, 7) is 1.56. The Hall–Kier alpha value is -1.05. The third kappa shape index (κ3) is 3.97. The van der Waals surface area contributed by atoms with Crippen LogP contribution in [-0.2, 0) is 4.79 Å². The Morgan fingerprint density at radius 2 is 1.90 bits per heavy atom. The number of hydrogen-bond acceptors (Lipinski definition) is 3. The molecular weight excluding hydrogens is 332 g/mol. The highest BCUT2D eigenvalue weighted by molar-refractivity contribution is 9.10. The van der Waals surface area contributed by atoms with Gasteiger partial charge < -0.3 is 11.1 Å². The van der Waals surface area contributed by atoms with Crippen LogP contribution in [0.5, 0.6) is 0 Å². The van der Waals surface area contributed by atoms with Gasteiger partial charge in [-0.2, -0.15) is 0 Å². The molecule has 1 aliphatic rings. The molecule has 3 N–H and O–H groups in total. The van der Waals surface area contributed by atoms with Gasteiger partial charge in [0.05, 0.1) is 6.54 Å². The van der Waals surface area contributed by atoms with Gasteiger partial charge in [-0.1, -0.05) is 15.9 Å². The quantitative estimate of drug-likeness (QED) is 0.880. The molecule has 1 fully saturated rings. The summed E-state index contributed by atoms with van der Waals surface area (Å²) in [4.78, 5) is 13.7. The molecule has 0 bridgehead atoms. The van der Waals surface area contributed by atoms with Crippen LogP contribution in [0.2, 0.25) is 0 Å². The van der Waals surface area contributed by atoms with Crippen molar-refractivity contribution < 1.29 is 13.6 Å². The molecule has 0 saturated carbocycles. The highest BCUT2D eigenvalue weighted by Crippen LogP contribution is 2.23. The Balaban J connectivity index is 1.95. The van der Waals surface area contributed by atoms with Gasteiger partial charge >= 0.3 is 0 Å². The largest absolute Gasteiger partial charge is 0.328 e. The van der Waals surface area contributed by atoms with E-state index in [9.17, 15) is 13.6 Å². The Morgan fingerprint density at radius 1 is 1.35 bits per heavy atom. The average molecular weight is 348 g/mol. The molecule has 0 atom stereocenters. The average Bonchev–Trinajstić information content (AvgIpc) is 2.36. The first-order valence-electron chi connectivity index (χ1n) is 6.38. The molecule has 7 heteroatoms. The van der Waals surface area contributed by atoms with E-state index in [1.165, 1.54) is 0 Å². The second-order valence-electron chi connectivity index (χ2n) is 4.91. The molecule has 0 aromatic heterocycles. The SMILES string of the molecule is NC1CCN(CC(=O)Nc2c(F)cc(Br)cc2F)CC1. The van der Waals surface area contributed by atoms with Crippen LogP contribution in [-0.4, -0.2) is 36.5 Å². The van der Waals surface area contributed by atoms with Crippen molar-refractivity contribution in [3.63, 3.8) is 0 Å². The van der Waals surface area contributed by atoms with Gasteiger partial charge in [-0.25, -0.2) is 8.78 Å². The normalized spacial score (nSPS) is 17.2. The van der Waals surface area contributed by atoms with Crippen molar-refractivity contribution in [3.05, 3.63) is 28.2 Å². The molecule has 2 rings (SSSR count). The molecular formula is C13H16BrF2N3O. The second kappa shape index (κ2) is 6.60. The van der Waals surface area contributed by atoms with Crippen LogP contribution < -0.4 is 11.1 Å². The zero-order chi connectivity index (χ0) is 14.7. The van der Waals surface area contributed by atoms with Crippen molar-refractivity contribution in [3.8, 4) is 0 Å². The minimum absolute atomic E-state index is 0.113. The molecule has 0 aliphatic carbocycles. The maximum atomic E-state index is 13.6. The second-order valence-corrected chi connectivity index (χ2v) is 5.82. The van der Waals surface area contributed by atoms with Crippen LogP contribution in [0.1, 0.15) is 12.8 Å². The van der Waals surface area contributed by atoms with E-state index in [1.807, 2.05) is 4.90 Å². The Bertz CT molecular complexity index is 481. The van der Waals surface area contributed by atoms with E-state index in [2.05, 4.69) is 21.2 Å². The van der Waals surface area contributed by atoms with E-state index in [4.69, 9.17) is 5.73 Å². The first-order valence-corrected chi connectivity index (χ1v) is 7.17. The number of likely N-dealkylation sites (tertiary alicyclic amines) is 1. The number of halogens is 3. The molecule has 1 saturated heterocycles. The lowest BCUT2D eigenvalue weighted by Gasteiger charge is -2.29. The van der Waals surface area contributed by atoms with E-state index >= 15 is 0 Å². The van der Waals surface area contributed by atoms with Gasteiger partial charge in [0.15, 0.2) is 11.6 Å². The first-order chi connectivity index (χ1) is 9.45. The predicted molar refractivity (Wildman–Crippen MR) is 76.3 cm³/mol. The molecule has 110 valence electrons. The van der Waals surface area contributed by atoms with E-state index < -0.39 is 23.2 Å². The number of nitrogens with zero attached hydrogens (tertiary/aromatic N) is 1. The number of nitrogens with two attached hydrogens (primary N) is 1. The third-order valence-electron chi connectivity index (χ3n) is 3.27. The van der Waals surface area contributed by atoms with Crippen molar-refractivity contribution in [2.45, 2.75) is 18.9 Å². The molecule has 1 aliphatic heterocycles. The van der Waals surface area contributed by atoms with Crippen LogP contribution in [0.4, 0.5) is 14.5 Å². The fourth-order valence-corrected chi connectivity index (χ4v) is 2.56. The molecule has 20 heavy (non-hydrogen) atoms. The summed E-state index contributed by atoms with van der Waals surface area (Å²) in [6.07, 6.45) is 1.66. The van der Waals surface area contributed by atoms with Gasteiger partial charge in [-0.15, -0.1) is 0 Å². The number of carbonyl (C=O) groups excluding carboxylic acids is 1. The molecule has 1 aromatic carbocycles. The lowest BCUT2D eigenvalue weighted by Crippen LogP contribution is -2.43. The van der Waals surface area contributed by atoms with Gasteiger partial charge in [0.1, 0.15) is 5.69 Å². The number of rotatable bonds is 3. The summed E-state index contributed by atoms with van der Waals surface area (Å²) >= 11 is 2.99.